The number of nitrogen functional groups attached to an aromatic ring is 2. The number of aromatic nitrogens is 6. The fraction of sp³-hybridized carbons (Fsp3) is 0.438. The molecule has 1 saturated heterocycles. The van der Waals surface area contributed by atoms with Crippen molar-refractivity contribution in [1.82, 2.24) is 29.5 Å². The molecule has 3 aromatic rings. The van der Waals surface area contributed by atoms with Gasteiger partial charge in [-0.15, -0.1) is 0 Å². The van der Waals surface area contributed by atoms with E-state index in [4.69, 9.17) is 16.2 Å². The molecule has 30 heavy (non-hydrogen) atoms. The number of hydrogen-bond donors (Lipinski definition) is 6. The highest BCUT2D eigenvalue weighted by molar-refractivity contribution is 7.99. The third-order valence-corrected chi connectivity index (χ3v) is 5.74. The van der Waals surface area contributed by atoms with Crippen molar-refractivity contribution in [2.45, 2.75) is 24.5 Å². The maximum absolute atomic E-state index is 11.1. The molecular weight excluding hydrogens is 414 g/mol. The van der Waals surface area contributed by atoms with Gasteiger partial charge >= 0.3 is 5.69 Å². The number of aromatic amines is 1. The van der Waals surface area contributed by atoms with Gasteiger partial charge in [-0.05, 0) is 0 Å². The Morgan fingerprint density at radius 1 is 1.23 bits per heavy atom. The lowest BCUT2D eigenvalue weighted by molar-refractivity contribution is -0.0288. The second-order valence-electron chi connectivity index (χ2n) is 6.65. The van der Waals surface area contributed by atoms with Gasteiger partial charge in [0.25, 0.3) is 0 Å². The summed E-state index contributed by atoms with van der Waals surface area (Å²) in [4.78, 5) is 29.3. The van der Waals surface area contributed by atoms with Gasteiger partial charge in [-0.25, -0.2) is 19.7 Å². The number of nitrogens with one attached hydrogen (secondary N) is 2. The van der Waals surface area contributed by atoms with Crippen LogP contribution in [0.2, 0.25) is 0 Å². The molecule has 0 bridgehead atoms. The Morgan fingerprint density at radius 3 is 2.87 bits per heavy atom. The van der Waals surface area contributed by atoms with Crippen LogP contribution in [0.1, 0.15) is 6.23 Å². The van der Waals surface area contributed by atoms with Crippen molar-refractivity contribution in [2.75, 3.05) is 34.8 Å². The van der Waals surface area contributed by atoms with Crippen molar-refractivity contribution in [3.05, 3.63) is 29.3 Å². The van der Waals surface area contributed by atoms with Crippen LogP contribution < -0.4 is 22.5 Å². The second-order valence-corrected chi connectivity index (χ2v) is 7.80. The average molecular weight is 435 g/mol. The number of fused-ring (bicyclic) bond motifs is 1. The van der Waals surface area contributed by atoms with E-state index in [0.717, 1.165) is 0 Å². The molecule has 8 N–H and O–H groups in total. The molecule has 0 spiro atoms. The zero-order valence-corrected chi connectivity index (χ0v) is 16.5. The average Bonchev–Trinajstić information content (AvgIpc) is 3.26. The minimum absolute atomic E-state index is 0.220. The molecule has 1 aliphatic heterocycles. The number of nitrogens with two attached hydrogens (primary N) is 2. The van der Waals surface area contributed by atoms with Crippen LogP contribution in [-0.4, -0.2) is 76.1 Å². The van der Waals surface area contributed by atoms with E-state index in [0.29, 0.717) is 34.9 Å². The number of hydrogen-bond acceptors (Lipinski definition) is 12. The monoisotopic (exact) mass is 435 g/mol. The standard InChI is InChI=1S/C16H21N9O4S/c17-12-7(3-20-16(28)24-12)19-1-2-30-4-8-10(26)11(27)15(29-8)25-6-23-9-13(18)21-5-22-14(9)25/h3,5-6,8,10-11,15,19,26-27H,1-2,4H2,(H2,18,21,22)(H3,17,20,24,28)/t8-,10-,11-,15-/m1/s1. The van der Waals surface area contributed by atoms with Crippen molar-refractivity contribution < 1.29 is 14.9 Å². The quantitative estimate of drug-likeness (QED) is 0.236. The molecule has 1 fully saturated rings. The van der Waals surface area contributed by atoms with Crippen LogP contribution in [-0.2, 0) is 4.74 Å². The van der Waals surface area contributed by atoms with E-state index in [1.807, 2.05) is 0 Å². The fourth-order valence-corrected chi connectivity index (χ4v) is 4.08. The van der Waals surface area contributed by atoms with Gasteiger partial charge in [0.15, 0.2) is 17.7 Å². The molecule has 0 aromatic carbocycles. The summed E-state index contributed by atoms with van der Waals surface area (Å²) in [6.07, 6.45) is 0.508. The molecular formula is C16H21N9O4S. The number of aliphatic hydroxyl groups excluding tert-OH is 2. The van der Waals surface area contributed by atoms with Crippen LogP contribution in [0.3, 0.4) is 0 Å². The highest BCUT2D eigenvalue weighted by atomic mass is 32.2. The number of anilines is 3. The number of imidazole rings is 1. The smallest absolute Gasteiger partial charge is 0.346 e. The lowest BCUT2D eigenvalue weighted by atomic mass is 10.1. The minimum atomic E-state index is -1.14. The molecule has 1 aliphatic rings. The van der Waals surface area contributed by atoms with Gasteiger partial charge in [0.1, 0.15) is 29.9 Å². The molecule has 14 heteroatoms. The van der Waals surface area contributed by atoms with Crippen LogP contribution in [0, 0.1) is 0 Å². The fourth-order valence-electron chi connectivity index (χ4n) is 3.16. The van der Waals surface area contributed by atoms with Crippen LogP contribution in [0.25, 0.3) is 11.2 Å². The van der Waals surface area contributed by atoms with E-state index in [-0.39, 0.29) is 11.6 Å². The zero-order chi connectivity index (χ0) is 21.3. The largest absolute Gasteiger partial charge is 0.387 e. The summed E-state index contributed by atoms with van der Waals surface area (Å²) in [6, 6.07) is 0. The predicted molar refractivity (Wildman–Crippen MR) is 111 cm³/mol. The molecule has 3 aromatic heterocycles. The number of rotatable bonds is 7. The van der Waals surface area contributed by atoms with Gasteiger partial charge < -0.3 is 31.7 Å². The molecule has 13 nitrogen and oxygen atoms in total. The van der Waals surface area contributed by atoms with E-state index in [9.17, 15) is 15.0 Å². The Labute approximate surface area is 173 Å². The van der Waals surface area contributed by atoms with Gasteiger partial charge in [0.2, 0.25) is 0 Å². The molecule has 4 atom stereocenters. The Bertz CT molecular complexity index is 1090. The Hall–Kier alpha value is -2.94. The van der Waals surface area contributed by atoms with Crippen LogP contribution in [0.5, 0.6) is 0 Å². The molecule has 0 aliphatic carbocycles. The first-order valence-corrected chi connectivity index (χ1v) is 10.2. The first-order valence-electron chi connectivity index (χ1n) is 9.06. The summed E-state index contributed by atoms with van der Waals surface area (Å²) in [6.45, 7) is 0.555. The van der Waals surface area contributed by atoms with E-state index in [2.05, 4.69) is 30.2 Å². The van der Waals surface area contributed by atoms with Crippen LogP contribution >= 0.6 is 11.8 Å². The van der Waals surface area contributed by atoms with Crippen LogP contribution in [0.4, 0.5) is 17.3 Å². The van der Waals surface area contributed by atoms with E-state index < -0.39 is 30.2 Å². The topological polar surface area (TPSA) is 203 Å². The molecule has 0 unspecified atom stereocenters. The van der Waals surface area contributed by atoms with Gasteiger partial charge in [-0.2, -0.15) is 16.7 Å². The number of aliphatic hydroxyl groups is 2. The molecule has 0 saturated carbocycles. The van der Waals surface area contributed by atoms with Crippen molar-refractivity contribution in [2.24, 2.45) is 0 Å². The van der Waals surface area contributed by atoms with Gasteiger partial charge in [-0.3, -0.25) is 9.55 Å². The number of H-pyrrole nitrogens is 1. The Balaban J connectivity index is 1.32. The van der Waals surface area contributed by atoms with Crippen molar-refractivity contribution in [3.63, 3.8) is 0 Å². The summed E-state index contributed by atoms with van der Waals surface area (Å²) in [5.41, 5.74) is 12.4. The normalized spacial score (nSPS) is 23.8. The molecule has 0 radical (unpaired) electrons. The van der Waals surface area contributed by atoms with Gasteiger partial charge in [0.05, 0.1) is 24.3 Å². The molecule has 160 valence electrons. The van der Waals surface area contributed by atoms with E-state index in [1.54, 1.807) is 4.57 Å². The van der Waals surface area contributed by atoms with Crippen molar-refractivity contribution in [1.29, 1.82) is 0 Å². The molecule has 4 heterocycles. The maximum atomic E-state index is 11.1. The van der Waals surface area contributed by atoms with Crippen LogP contribution in [0.15, 0.2) is 23.6 Å². The van der Waals surface area contributed by atoms with Crippen molar-refractivity contribution in [3.8, 4) is 0 Å². The van der Waals surface area contributed by atoms with Gasteiger partial charge in [-0.1, -0.05) is 0 Å². The lowest BCUT2D eigenvalue weighted by Gasteiger charge is -2.16. The number of thioether (sulfide) groups is 1. The van der Waals surface area contributed by atoms with E-state index in [1.165, 1.54) is 30.6 Å². The first-order chi connectivity index (χ1) is 14.5. The maximum Gasteiger partial charge on any atom is 0.346 e. The summed E-state index contributed by atoms with van der Waals surface area (Å²) in [5.74, 6) is 1.57. The second kappa shape index (κ2) is 8.43. The summed E-state index contributed by atoms with van der Waals surface area (Å²) in [7, 11) is 0. The summed E-state index contributed by atoms with van der Waals surface area (Å²) in [5, 5.41) is 23.9. The lowest BCUT2D eigenvalue weighted by Crippen LogP contribution is -2.32. The van der Waals surface area contributed by atoms with Crippen molar-refractivity contribution >= 4 is 40.2 Å². The minimum Gasteiger partial charge on any atom is -0.387 e. The summed E-state index contributed by atoms with van der Waals surface area (Å²) >= 11 is 1.53. The summed E-state index contributed by atoms with van der Waals surface area (Å²) < 4.78 is 7.43. The molecule has 0 amide bonds. The molecule has 4 rings (SSSR count). The highest BCUT2D eigenvalue weighted by Crippen LogP contribution is 2.33. The zero-order valence-electron chi connectivity index (χ0n) is 15.7. The predicted octanol–water partition coefficient (Wildman–Crippen LogP) is -1.46. The Morgan fingerprint density at radius 2 is 2.07 bits per heavy atom. The SMILES string of the molecule is Nc1[nH]c(=O)ncc1NCCSC[C@H]1O[C@@H](n2cnc3c(N)ncnc32)[C@H](O)[C@@H]1O. The number of ether oxygens (including phenoxy) is 1. The third kappa shape index (κ3) is 3.89. The van der Waals surface area contributed by atoms with Gasteiger partial charge in [0, 0.05) is 18.1 Å². The first kappa shape index (κ1) is 20.3. The number of nitrogens with zero attached hydrogens (tertiary/aromatic N) is 5. The third-order valence-electron chi connectivity index (χ3n) is 4.69. The highest BCUT2D eigenvalue weighted by Gasteiger charge is 2.44. The Kier molecular flexibility index (Phi) is 5.72. The van der Waals surface area contributed by atoms with E-state index >= 15 is 0 Å².